The Morgan fingerprint density at radius 2 is 2.00 bits per heavy atom. The van der Waals surface area contributed by atoms with Gasteiger partial charge >= 0.3 is 0 Å². The molecule has 0 radical (unpaired) electrons. The van der Waals surface area contributed by atoms with Crippen LogP contribution in [0, 0.1) is 0 Å². The lowest BCUT2D eigenvalue weighted by molar-refractivity contribution is -0.121. The monoisotopic (exact) mass is 349 g/mol. The number of hydrogen-bond donors (Lipinski definition) is 2. The zero-order valence-corrected chi connectivity index (χ0v) is 13.9. The predicted molar refractivity (Wildman–Crippen MR) is 91.0 cm³/mol. The SMILES string of the molecule is O=C(CCc1csc(NC(=O)c2ccc(Cl)cc2)n1)NC1CC1. The third-order valence-corrected chi connectivity index (χ3v) is 4.49. The minimum absolute atomic E-state index is 0.0623. The predicted octanol–water partition coefficient (Wildman–Crippen LogP) is 3.26. The standard InChI is InChI=1S/C16H16ClN3O2S/c17-11-3-1-10(2-4-11)15(22)20-16-19-13(9-23-16)7-8-14(21)18-12-5-6-12/h1-4,9,12H,5-8H2,(H,18,21)(H,19,20,22). The highest BCUT2D eigenvalue weighted by Gasteiger charge is 2.23. The maximum Gasteiger partial charge on any atom is 0.257 e. The third kappa shape index (κ3) is 4.77. The van der Waals surface area contributed by atoms with Crippen molar-refractivity contribution < 1.29 is 9.59 Å². The summed E-state index contributed by atoms with van der Waals surface area (Å²) in [5.41, 5.74) is 1.34. The average Bonchev–Trinajstić information content (AvgIpc) is 3.23. The van der Waals surface area contributed by atoms with Crippen LogP contribution in [0.3, 0.4) is 0 Å². The highest BCUT2D eigenvalue weighted by Crippen LogP contribution is 2.20. The molecule has 0 aliphatic heterocycles. The van der Waals surface area contributed by atoms with Crippen LogP contribution in [0.4, 0.5) is 5.13 Å². The maximum atomic E-state index is 12.1. The van der Waals surface area contributed by atoms with Crippen molar-refractivity contribution in [2.45, 2.75) is 31.7 Å². The molecule has 0 bridgehead atoms. The van der Waals surface area contributed by atoms with Crippen LogP contribution >= 0.6 is 22.9 Å². The van der Waals surface area contributed by atoms with E-state index in [9.17, 15) is 9.59 Å². The van der Waals surface area contributed by atoms with Crippen LogP contribution in [-0.2, 0) is 11.2 Å². The summed E-state index contributed by atoms with van der Waals surface area (Å²) in [7, 11) is 0. The van der Waals surface area contributed by atoms with Crippen LogP contribution in [0.25, 0.3) is 0 Å². The Hall–Kier alpha value is -1.92. The molecule has 7 heteroatoms. The van der Waals surface area contributed by atoms with Crippen LogP contribution in [0.15, 0.2) is 29.6 Å². The van der Waals surface area contributed by atoms with E-state index >= 15 is 0 Å². The number of anilines is 1. The number of nitrogens with one attached hydrogen (secondary N) is 2. The second-order valence-electron chi connectivity index (χ2n) is 5.45. The number of hydrogen-bond acceptors (Lipinski definition) is 4. The van der Waals surface area contributed by atoms with E-state index in [2.05, 4.69) is 15.6 Å². The molecule has 1 fully saturated rings. The Labute approximate surface area is 143 Å². The lowest BCUT2D eigenvalue weighted by atomic mass is 10.2. The molecule has 1 aromatic carbocycles. The molecule has 2 N–H and O–H groups in total. The number of rotatable bonds is 6. The number of halogens is 1. The topological polar surface area (TPSA) is 71.1 Å². The molecule has 23 heavy (non-hydrogen) atoms. The number of carbonyl (C=O) groups excluding carboxylic acids is 2. The van der Waals surface area contributed by atoms with Gasteiger partial charge in [-0.1, -0.05) is 11.6 Å². The Morgan fingerprint density at radius 3 is 2.70 bits per heavy atom. The first-order chi connectivity index (χ1) is 11.1. The van der Waals surface area contributed by atoms with Gasteiger partial charge in [0.2, 0.25) is 5.91 Å². The van der Waals surface area contributed by atoms with Crippen LogP contribution in [0.5, 0.6) is 0 Å². The zero-order valence-electron chi connectivity index (χ0n) is 12.3. The van der Waals surface area contributed by atoms with Crippen molar-refractivity contribution in [3.8, 4) is 0 Å². The summed E-state index contributed by atoms with van der Waals surface area (Å²) in [5.74, 6) is -0.165. The van der Waals surface area contributed by atoms with E-state index in [0.717, 1.165) is 18.5 Å². The number of thiazole rings is 1. The smallest absolute Gasteiger partial charge is 0.257 e. The van der Waals surface area contributed by atoms with E-state index in [4.69, 9.17) is 11.6 Å². The van der Waals surface area contributed by atoms with Crippen LogP contribution in [-0.4, -0.2) is 22.8 Å². The van der Waals surface area contributed by atoms with Gasteiger partial charge in [-0.25, -0.2) is 4.98 Å². The summed E-state index contributed by atoms with van der Waals surface area (Å²) in [4.78, 5) is 28.1. The van der Waals surface area contributed by atoms with Gasteiger partial charge in [-0.2, -0.15) is 0 Å². The number of amides is 2. The molecular formula is C16H16ClN3O2S. The van der Waals surface area contributed by atoms with Gasteiger partial charge in [0, 0.05) is 28.4 Å². The first-order valence-corrected chi connectivity index (χ1v) is 8.66. The highest BCUT2D eigenvalue weighted by molar-refractivity contribution is 7.14. The molecule has 2 aromatic rings. The number of carbonyl (C=O) groups is 2. The van der Waals surface area contributed by atoms with Crippen molar-refractivity contribution in [2.75, 3.05) is 5.32 Å². The minimum atomic E-state index is -0.228. The van der Waals surface area contributed by atoms with Gasteiger partial charge in [0.1, 0.15) is 0 Å². The molecule has 5 nitrogen and oxygen atoms in total. The summed E-state index contributed by atoms with van der Waals surface area (Å²) < 4.78 is 0. The highest BCUT2D eigenvalue weighted by atomic mass is 35.5. The molecule has 3 rings (SSSR count). The van der Waals surface area contributed by atoms with Crippen molar-refractivity contribution in [1.29, 1.82) is 0 Å². The summed E-state index contributed by atoms with van der Waals surface area (Å²) >= 11 is 7.15. The van der Waals surface area contributed by atoms with Crippen molar-refractivity contribution in [3.05, 3.63) is 45.9 Å². The zero-order chi connectivity index (χ0) is 16.2. The fourth-order valence-corrected chi connectivity index (χ4v) is 2.88. The third-order valence-electron chi connectivity index (χ3n) is 3.43. The molecule has 0 atom stereocenters. The van der Waals surface area contributed by atoms with Gasteiger partial charge in [-0.05, 0) is 43.5 Å². The maximum absolute atomic E-state index is 12.1. The van der Waals surface area contributed by atoms with Crippen molar-refractivity contribution in [2.24, 2.45) is 0 Å². The molecule has 1 aliphatic carbocycles. The molecule has 120 valence electrons. The van der Waals surface area contributed by atoms with Crippen molar-refractivity contribution >= 4 is 39.9 Å². The Kier molecular flexibility index (Phi) is 4.93. The number of benzene rings is 1. The van der Waals surface area contributed by atoms with Crippen LogP contribution in [0.2, 0.25) is 5.02 Å². The average molecular weight is 350 g/mol. The molecule has 1 heterocycles. The molecular weight excluding hydrogens is 334 g/mol. The molecule has 1 saturated carbocycles. The van der Waals surface area contributed by atoms with Gasteiger partial charge in [0.05, 0.1) is 5.69 Å². The second-order valence-corrected chi connectivity index (χ2v) is 6.74. The lowest BCUT2D eigenvalue weighted by Crippen LogP contribution is -2.25. The van der Waals surface area contributed by atoms with E-state index in [1.807, 2.05) is 5.38 Å². The van der Waals surface area contributed by atoms with Gasteiger partial charge in [-0.3, -0.25) is 14.9 Å². The fraction of sp³-hybridized carbons (Fsp3) is 0.312. The molecule has 2 amide bonds. The summed E-state index contributed by atoms with van der Waals surface area (Å²) in [6, 6.07) is 7.04. The lowest BCUT2D eigenvalue weighted by Gasteiger charge is -2.02. The van der Waals surface area contributed by atoms with E-state index in [1.165, 1.54) is 11.3 Å². The summed E-state index contributed by atoms with van der Waals surface area (Å²) in [5, 5.41) is 8.68. The summed E-state index contributed by atoms with van der Waals surface area (Å²) in [6.45, 7) is 0. The first kappa shape index (κ1) is 16.0. The van der Waals surface area contributed by atoms with E-state index in [1.54, 1.807) is 24.3 Å². The molecule has 0 spiro atoms. The normalized spacial score (nSPS) is 13.6. The molecule has 0 saturated heterocycles. The van der Waals surface area contributed by atoms with Crippen LogP contribution in [0.1, 0.15) is 35.3 Å². The fourth-order valence-electron chi connectivity index (χ4n) is 2.02. The number of nitrogens with zero attached hydrogens (tertiary/aromatic N) is 1. The largest absolute Gasteiger partial charge is 0.353 e. The second kappa shape index (κ2) is 7.10. The Balaban J connectivity index is 1.51. The quantitative estimate of drug-likeness (QED) is 0.840. The molecule has 0 unspecified atom stereocenters. The van der Waals surface area contributed by atoms with E-state index in [-0.39, 0.29) is 11.8 Å². The van der Waals surface area contributed by atoms with Gasteiger partial charge < -0.3 is 5.32 Å². The molecule has 1 aliphatic rings. The van der Waals surface area contributed by atoms with E-state index < -0.39 is 0 Å². The summed E-state index contributed by atoms with van der Waals surface area (Å²) in [6.07, 6.45) is 3.17. The van der Waals surface area contributed by atoms with Crippen molar-refractivity contribution in [1.82, 2.24) is 10.3 Å². The number of aryl methyl sites for hydroxylation is 1. The van der Waals surface area contributed by atoms with E-state index in [0.29, 0.717) is 34.6 Å². The van der Waals surface area contributed by atoms with Gasteiger partial charge in [0.15, 0.2) is 5.13 Å². The Morgan fingerprint density at radius 1 is 1.26 bits per heavy atom. The number of aromatic nitrogens is 1. The minimum Gasteiger partial charge on any atom is -0.353 e. The van der Waals surface area contributed by atoms with Crippen LogP contribution < -0.4 is 10.6 Å². The van der Waals surface area contributed by atoms with Gasteiger partial charge in [0.25, 0.3) is 5.91 Å². The molecule has 1 aromatic heterocycles. The first-order valence-electron chi connectivity index (χ1n) is 7.41. The van der Waals surface area contributed by atoms with Gasteiger partial charge in [-0.15, -0.1) is 11.3 Å². The van der Waals surface area contributed by atoms with Crippen molar-refractivity contribution in [3.63, 3.8) is 0 Å². The Bertz CT molecular complexity index is 710.